The smallest absolute Gasteiger partial charge is 0.185 e. The molecule has 5 rings (SSSR count). The van der Waals surface area contributed by atoms with E-state index in [1.165, 1.54) is 43.3 Å². The Labute approximate surface area is 209 Å². The number of fused-ring (bicyclic) bond motifs is 2. The van der Waals surface area contributed by atoms with Gasteiger partial charge >= 0.3 is 0 Å². The predicted molar refractivity (Wildman–Crippen MR) is 137 cm³/mol. The van der Waals surface area contributed by atoms with Crippen LogP contribution in [0.1, 0.15) is 46.0 Å². The van der Waals surface area contributed by atoms with Crippen molar-refractivity contribution in [2.75, 3.05) is 18.2 Å². The number of aromatic nitrogens is 4. The highest BCUT2D eigenvalue weighted by atomic mass is 32.2. The molecule has 2 aliphatic heterocycles. The number of hydrogen-bond donors (Lipinski definition) is 2. The molecule has 1 aromatic carbocycles. The second kappa shape index (κ2) is 9.02. The summed E-state index contributed by atoms with van der Waals surface area (Å²) in [5.74, 6) is 0.571. The van der Waals surface area contributed by atoms with E-state index in [1.807, 2.05) is 6.26 Å². The molecule has 3 atom stereocenters. The van der Waals surface area contributed by atoms with Gasteiger partial charge in [-0.1, -0.05) is 6.07 Å². The molecule has 9 heteroatoms. The molecule has 0 aliphatic carbocycles. The number of aromatic hydroxyl groups is 1. The Morgan fingerprint density at radius 3 is 2.43 bits per heavy atom. The second-order valence-electron chi connectivity index (χ2n) is 10.4. The normalized spacial score (nSPS) is 25.9. The Bertz CT molecular complexity index is 1220. The maximum absolute atomic E-state index is 14.3. The van der Waals surface area contributed by atoms with E-state index in [1.54, 1.807) is 24.4 Å². The van der Waals surface area contributed by atoms with Crippen LogP contribution < -0.4 is 10.2 Å². The molecule has 1 unspecified atom stereocenters. The fourth-order valence-electron chi connectivity index (χ4n) is 5.80. The molecule has 184 valence electrons. The summed E-state index contributed by atoms with van der Waals surface area (Å²) in [7, 11) is 2.06. The molecule has 35 heavy (non-hydrogen) atoms. The van der Waals surface area contributed by atoms with Gasteiger partial charge in [-0.05, 0) is 76.0 Å². The maximum atomic E-state index is 14.3. The largest absolute Gasteiger partial charge is 0.507 e. The van der Waals surface area contributed by atoms with E-state index in [2.05, 4.69) is 51.3 Å². The summed E-state index contributed by atoms with van der Waals surface area (Å²) < 4.78 is 14.3. The molecular weight excluding hydrogens is 463 g/mol. The lowest BCUT2D eigenvalue weighted by molar-refractivity contribution is 0.0784. The Balaban J connectivity index is 1.36. The van der Waals surface area contributed by atoms with Crippen molar-refractivity contribution >= 4 is 17.6 Å². The lowest BCUT2D eigenvalue weighted by atomic mass is 9.69. The molecule has 4 heterocycles. The number of hydrogen-bond acceptors (Lipinski definition) is 8. The van der Waals surface area contributed by atoms with Crippen molar-refractivity contribution in [3.8, 4) is 28.3 Å². The van der Waals surface area contributed by atoms with Crippen LogP contribution in [0.25, 0.3) is 22.5 Å². The van der Waals surface area contributed by atoms with Crippen LogP contribution in [0, 0.1) is 5.82 Å². The van der Waals surface area contributed by atoms with Gasteiger partial charge in [-0.15, -0.1) is 22.0 Å². The Kier molecular flexibility index (Phi) is 6.17. The van der Waals surface area contributed by atoms with Crippen LogP contribution in [0.4, 0.5) is 10.2 Å². The van der Waals surface area contributed by atoms with Crippen LogP contribution >= 0.6 is 11.8 Å². The zero-order valence-corrected chi connectivity index (χ0v) is 21.4. The zero-order chi connectivity index (χ0) is 24.8. The van der Waals surface area contributed by atoms with Gasteiger partial charge in [0.2, 0.25) is 0 Å². The minimum Gasteiger partial charge on any atom is -0.507 e. The van der Waals surface area contributed by atoms with Gasteiger partial charge in [-0.25, -0.2) is 14.4 Å². The monoisotopic (exact) mass is 494 g/mol. The van der Waals surface area contributed by atoms with Crippen LogP contribution in [0.2, 0.25) is 0 Å². The topological polar surface area (TPSA) is 87.1 Å². The third kappa shape index (κ3) is 4.71. The van der Waals surface area contributed by atoms with Crippen molar-refractivity contribution in [1.82, 2.24) is 25.5 Å². The summed E-state index contributed by atoms with van der Waals surface area (Å²) in [4.78, 5) is 10.7. The molecule has 2 aliphatic rings. The number of phenolic OH excluding ortho intramolecular Hbond substituents is 1. The van der Waals surface area contributed by atoms with Gasteiger partial charge in [0.25, 0.3) is 0 Å². The number of nitrogens with one attached hydrogen (secondary N) is 1. The lowest BCUT2D eigenvalue weighted by Gasteiger charge is -2.55. The van der Waals surface area contributed by atoms with Crippen LogP contribution in [0.5, 0.6) is 5.75 Å². The molecule has 2 N–H and O–H groups in total. The molecule has 2 saturated heterocycles. The van der Waals surface area contributed by atoms with Crippen molar-refractivity contribution in [3.63, 3.8) is 0 Å². The molecule has 2 aromatic heterocycles. The van der Waals surface area contributed by atoms with Crippen molar-refractivity contribution < 1.29 is 9.50 Å². The number of rotatable bonds is 5. The van der Waals surface area contributed by atoms with Crippen molar-refractivity contribution in [1.29, 1.82) is 0 Å². The quantitative estimate of drug-likeness (QED) is 0.476. The molecule has 0 radical (unpaired) electrons. The molecule has 2 bridgehead atoms. The molecule has 0 saturated carbocycles. The van der Waals surface area contributed by atoms with Crippen LogP contribution in [-0.2, 0) is 0 Å². The maximum Gasteiger partial charge on any atom is 0.185 e. The van der Waals surface area contributed by atoms with E-state index in [-0.39, 0.29) is 16.8 Å². The number of piperidine rings is 2. The summed E-state index contributed by atoms with van der Waals surface area (Å²) in [5, 5.41) is 24.0. The van der Waals surface area contributed by atoms with Gasteiger partial charge in [-0.3, -0.25) is 0 Å². The molecule has 3 aromatic rings. The standard InChI is InChI=1S/C26H31FN6OS/c1-25-8-5-9-26(2,32-25)13-17(12-25)33(3)22-15-29-24(31-30-22)18-7-6-16(10-21(18)34)19-11-23(35-4)28-14-20(19)27/h6-7,10-11,14-15,17,32,34H,5,8-9,12-13H2,1-4H3/t17?,25-,26+. The Hall–Kier alpha value is -2.78. The van der Waals surface area contributed by atoms with Crippen molar-refractivity contribution in [2.45, 2.75) is 68.1 Å². The molecule has 0 amide bonds. The Morgan fingerprint density at radius 2 is 1.80 bits per heavy atom. The number of nitrogens with zero attached hydrogens (tertiary/aromatic N) is 5. The van der Waals surface area contributed by atoms with Crippen LogP contribution in [0.15, 0.2) is 41.7 Å². The second-order valence-corrected chi connectivity index (χ2v) is 11.2. The van der Waals surface area contributed by atoms with Gasteiger partial charge in [0, 0.05) is 29.7 Å². The fraction of sp³-hybridized carbons (Fsp3) is 0.462. The number of anilines is 1. The van der Waals surface area contributed by atoms with Crippen LogP contribution in [-0.4, -0.2) is 55.7 Å². The number of pyridine rings is 1. The third-order valence-electron chi connectivity index (χ3n) is 7.48. The molecular formula is C26H31FN6OS. The summed E-state index contributed by atoms with van der Waals surface area (Å²) >= 11 is 1.43. The SMILES string of the molecule is CSc1cc(-c2ccc(-c3ncc(N(C)C4C[C@]5(C)CCC[C@](C)(C4)N5)nn3)c(O)c2)c(F)cn1. The van der Waals surface area contributed by atoms with Gasteiger partial charge in [0.05, 0.1) is 23.0 Å². The Morgan fingerprint density at radius 1 is 1.06 bits per heavy atom. The van der Waals surface area contributed by atoms with Crippen molar-refractivity contribution in [3.05, 3.63) is 42.5 Å². The lowest BCUT2D eigenvalue weighted by Crippen LogP contribution is -2.66. The van der Waals surface area contributed by atoms with E-state index in [0.29, 0.717) is 39.4 Å². The molecule has 2 fully saturated rings. The van der Waals surface area contributed by atoms with Gasteiger partial charge < -0.3 is 15.3 Å². The third-order valence-corrected chi connectivity index (χ3v) is 8.12. The highest BCUT2D eigenvalue weighted by Crippen LogP contribution is 2.42. The minimum absolute atomic E-state index is 0.0284. The van der Waals surface area contributed by atoms with Crippen molar-refractivity contribution in [2.24, 2.45) is 0 Å². The summed E-state index contributed by atoms with van der Waals surface area (Å²) in [5.41, 5.74) is 1.68. The summed E-state index contributed by atoms with van der Waals surface area (Å²) in [6.07, 6.45) is 10.5. The first-order valence-corrected chi connectivity index (χ1v) is 13.2. The predicted octanol–water partition coefficient (Wildman–Crippen LogP) is 5.06. The zero-order valence-electron chi connectivity index (χ0n) is 20.5. The first-order chi connectivity index (χ1) is 16.7. The molecule has 7 nitrogen and oxygen atoms in total. The van der Waals surface area contributed by atoms with Gasteiger partial charge in [0.15, 0.2) is 11.6 Å². The fourth-order valence-corrected chi connectivity index (χ4v) is 6.19. The first-order valence-electron chi connectivity index (χ1n) is 11.9. The highest BCUT2D eigenvalue weighted by Gasteiger charge is 2.46. The van der Waals surface area contributed by atoms with E-state index < -0.39 is 5.82 Å². The summed E-state index contributed by atoms with van der Waals surface area (Å²) in [6.45, 7) is 4.65. The number of thioether (sulfide) groups is 1. The number of benzene rings is 1. The average molecular weight is 495 g/mol. The van der Waals surface area contributed by atoms with E-state index in [9.17, 15) is 9.50 Å². The van der Waals surface area contributed by atoms with E-state index >= 15 is 0 Å². The molecule has 0 spiro atoms. The van der Waals surface area contributed by atoms with Gasteiger partial charge in [-0.2, -0.15) is 0 Å². The van der Waals surface area contributed by atoms with E-state index in [0.717, 1.165) is 12.8 Å². The van der Waals surface area contributed by atoms with Gasteiger partial charge in [0.1, 0.15) is 11.6 Å². The first kappa shape index (κ1) is 23.9. The van der Waals surface area contributed by atoms with E-state index in [4.69, 9.17) is 0 Å². The average Bonchev–Trinajstić information content (AvgIpc) is 2.83. The number of halogens is 1. The minimum atomic E-state index is -0.440. The van der Waals surface area contributed by atoms with Crippen LogP contribution in [0.3, 0.4) is 0 Å². The summed E-state index contributed by atoms with van der Waals surface area (Å²) in [6, 6.07) is 6.99. The number of phenols is 1. The highest BCUT2D eigenvalue weighted by molar-refractivity contribution is 7.98.